The number of halogens is 2. The highest BCUT2D eigenvalue weighted by molar-refractivity contribution is 5.98. The van der Waals surface area contributed by atoms with Crippen molar-refractivity contribution in [1.29, 1.82) is 0 Å². The predicted octanol–water partition coefficient (Wildman–Crippen LogP) is 2.29. The molecule has 0 bridgehead atoms. The van der Waals surface area contributed by atoms with Gasteiger partial charge in [0.2, 0.25) is 11.8 Å². The number of anilines is 1. The second-order valence-corrected chi connectivity index (χ2v) is 7.03. The molecule has 1 atom stereocenters. The molecule has 6 nitrogen and oxygen atoms in total. The van der Waals surface area contributed by atoms with Crippen molar-refractivity contribution in [1.82, 2.24) is 14.9 Å². The Morgan fingerprint density at radius 3 is 2.85 bits per heavy atom. The number of H-pyrrole nitrogens is 1. The molecule has 1 unspecified atom stereocenters. The van der Waals surface area contributed by atoms with Gasteiger partial charge in [0.05, 0.1) is 17.3 Å². The average Bonchev–Trinajstić information content (AvgIpc) is 3.02. The van der Waals surface area contributed by atoms with Gasteiger partial charge < -0.3 is 14.8 Å². The number of benzene rings is 1. The minimum Gasteiger partial charge on any atom is -0.346 e. The number of amides is 2. The summed E-state index contributed by atoms with van der Waals surface area (Å²) in [4.78, 5) is 36.0. The van der Waals surface area contributed by atoms with Gasteiger partial charge in [0, 0.05) is 24.8 Å². The third-order valence-electron chi connectivity index (χ3n) is 5.21. The van der Waals surface area contributed by atoms with E-state index >= 15 is 0 Å². The number of carbonyl (C=O) groups excluding carboxylic acids is 2. The van der Waals surface area contributed by atoms with Crippen LogP contribution in [0.1, 0.15) is 36.0 Å². The van der Waals surface area contributed by atoms with E-state index in [1.807, 2.05) is 6.92 Å². The lowest BCUT2D eigenvalue weighted by Gasteiger charge is -2.36. The monoisotopic (exact) mass is 374 g/mol. The first-order valence-corrected chi connectivity index (χ1v) is 9.03. The maximum Gasteiger partial charge on any atom is 0.246 e. The van der Waals surface area contributed by atoms with E-state index in [0.29, 0.717) is 13.0 Å². The maximum atomic E-state index is 14.0. The summed E-state index contributed by atoms with van der Waals surface area (Å²) in [6, 6.07) is 3.12. The Bertz CT molecular complexity index is 911. The molecule has 0 saturated carbocycles. The molecular formula is C19H20F2N4O2. The van der Waals surface area contributed by atoms with Gasteiger partial charge in [-0.25, -0.2) is 13.8 Å². The molecule has 27 heavy (non-hydrogen) atoms. The first kappa shape index (κ1) is 17.6. The number of imidazole rings is 1. The molecule has 2 aliphatic rings. The molecule has 142 valence electrons. The quantitative estimate of drug-likeness (QED) is 0.877. The Morgan fingerprint density at radius 2 is 2.11 bits per heavy atom. The summed E-state index contributed by atoms with van der Waals surface area (Å²) in [7, 11) is 0. The lowest BCUT2D eigenvalue weighted by molar-refractivity contribution is -0.138. The zero-order chi connectivity index (χ0) is 19.1. The zero-order valence-corrected chi connectivity index (χ0v) is 15.0. The Hall–Kier alpha value is -2.77. The topological polar surface area (TPSA) is 69.3 Å². The number of hydrogen-bond donors (Lipinski definition) is 1. The van der Waals surface area contributed by atoms with Crippen LogP contribution < -0.4 is 4.90 Å². The fraction of sp³-hybridized carbons (Fsp3) is 0.421. The number of aryl methyl sites for hydroxylation is 2. The van der Waals surface area contributed by atoms with E-state index in [0.717, 1.165) is 42.2 Å². The van der Waals surface area contributed by atoms with Crippen LogP contribution in [-0.4, -0.2) is 46.3 Å². The molecule has 1 aromatic carbocycles. The van der Waals surface area contributed by atoms with Crippen molar-refractivity contribution >= 4 is 17.5 Å². The maximum absolute atomic E-state index is 14.0. The van der Waals surface area contributed by atoms with Gasteiger partial charge in [-0.15, -0.1) is 0 Å². The van der Waals surface area contributed by atoms with Gasteiger partial charge in [-0.3, -0.25) is 9.59 Å². The van der Waals surface area contributed by atoms with Crippen LogP contribution in [0.25, 0.3) is 0 Å². The Balaban J connectivity index is 1.50. The van der Waals surface area contributed by atoms with Crippen LogP contribution in [0.5, 0.6) is 0 Å². The van der Waals surface area contributed by atoms with Gasteiger partial charge in [-0.1, -0.05) is 0 Å². The summed E-state index contributed by atoms with van der Waals surface area (Å²) < 4.78 is 27.1. The van der Waals surface area contributed by atoms with Crippen LogP contribution >= 0.6 is 0 Å². The highest BCUT2D eigenvalue weighted by Gasteiger charge is 2.36. The van der Waals surface area contributed by atoms with Gasteiger partial charge in [0.1, 0.15) is 24.0 Å². The number of nitrogens with one attached hydrogen (secondary N) is 1. The Kier molecular flexibility index (Phi) is 4.41. The second kappa shape index (κ2) is 6.75. The smallest absolute Gasteiger partial charge is 0.246 e. The number of carbonyl (C=O) groups is 2. The van der Waals surface area contributed by atoms with Gasteiger partial charge in [-0.05, 0) is 38.3 Å². The van der Waals surface area contributed by atoms with Crippen molar-refractivity contribution in [2.45, 2.75) is 32.1 Å². The van der Waals surface area contributed by atoms with E-state index in [2.05, 4.69) is 9.97 Å². The van der Waals surface area contributed by atoms with Crippen molar-refractivity contribution in [3.8, 4) is 0 Å². The lowest BCUT2D eigenvalue weighted by Crippen LogP contribution is -2.53. The fourth-order valence-electron chi connectivity index (χ4n) is 3.93. The minimum atomic E-state index is -0.785. The predicted molar refractivity (Wildman–Crippen MR) is 94.3 cm³/mol. The number of piperazine rings is 1. The summed E-state index contributed by atoms with van der Waals surface area (Å²) in [6.07, 6.45) is 2.47. The molecule has 2 amide bonds. The van der Waals surface area contributed by atoms with Crippen LogP contribution in [0.15, 0.2) is 18.2 Å². The molecule has 1 aliphatic heterocycles. The molecule has 1 N–H and O–H groups in total. The highest BCUT2D eigenvalue weighted by atomic mass is 19.1. The molecule has 2 heterocycles. The summed E-state index contributed by atoms with van der Waals surface area (Å²) in [5.41, 5.74) is 1.81. The summed E-state index contributed by atoms with van der Waals surface area (Å²) >= 11 is 0. The molecule has 0 radical (unpaired) electrons. The zero-order valence-electron chi connectivity index (χ0n) is 15.0. The third kappa shape index (κ3) is 3.20. The average molecular weight is 374 g/mol. The largest absolute Gasteiger partial charge is 0.346 e. The fourth-order valence-corrected chi connectivity index (χ4v) is 3.93. The van der Waals surface area contributed by atoms with Gasteiger partial charge in [0.25, 0.3) is 0 Å². The molecule has 1 aromatic heterocycles. The number of hydrogen-bond acceptors (Lipinski definition) is 3. The van der Waals surface area contributed by atoms with Gasteiger partial charge in [-0.2, -0.15) is 0 Å². The van der Waals surface area contributed by atoms with E-state index in [1.54, 1.807) is 0 Å². The van der Waals surface area contributed by atoms with Crippen molar-refractivity contribution in [3.63, 3.8) is 0 Å². The molecular weight excluding hydrogens is 354 g/mol. The van der Waals surface area contributed by atoms with Gasteiger partial charge >= 0.3 is 0 Å². The minimum absolute atomic E-state index is 0.0383. The third-order valence-corrected chi connectivity index (χ3v) is 5.21. The SMILES string of the molecule is Cc1nc2c([nH]1)CCCC2C(=O)N1CCN(c2ccc(F)cc2F)C(=O)C1. The second-order valence-electron chi connectivity index (χ2n) is 7.03. The van der Waals surface area contributed by atoms with Crippen molar-refractivity contribution in [2.75, 3.05) is 24.5 Å². The van der Waals surface area contributed by atoms with Crippen LogP contribution in [0.2, 0.25) is 0 Å². The summed E-state index contributed by atoms with van der Waals surface area (Å²) in [6.45, 7) is 2.22. The first-order valence-electron chi connectivity index (χ1n) is 9.03. The van der Waals surface area contributed by atoms with E-state index in [9.17, 15) is 18.4 Å². The van der Waals surface area contributed by atoms with Crippen molar-refractivity contribution < 1.29 is 18.4 Å². The van der Waals surface area contributed by atoms with E-state index in [4.69, 9.17) is 0 Å². The molecule has 1 saturated heterocycles. The van der Waals surface area contributed by atoms with E-state index < -0.39 is 11.6 Å². The van der Waals surface area contributed by atoms with Crippen molar-refractivity contribution in [2.24, 2.45) is 0 Å². The molecule has 0 spiro atoms. The molecule has 1 aliphatic carbocycles. The summed E-state index contributed by atoms with van der Waals surface area (Å²) in [5, 5.41) is 0. The molecule has 1 fully saturated rings. The van der Waals surface area contributed by atoms with Gasteiger partial charge in [0.15, 0.2) is 0 Å². The molecule has 2 aromatic rings. The normalized spacial score (nSPS) is 20.0. The van der Waals surface area contributed by atoms with Crippen LogP contribution in [0.4, 0.5) is 14.5 Å². The first-order chi connectivity index (χ1) is 12.9. The van der Waals surface area contributed by atoms with Crippen molar-refractivity contribution in [3.05, 3.63) is 47.0 Å². The highest BCUT2D eigenvalue weighted by Crippen LogP contribution is 2.32. The van der Waals surface area contributed by atoms with Crippen LogP contribution in [0.3, 0.4) is 0 Å². The Morgan fingerprint density at radius 1 is 1.30 bits per heavy atom. The number of rotatable bonds is 2. The number of aromatic nitrogens is 2. The molecule has 4 rings (SSSR count). The Labute approximate surface area is 155 Å². The summed E-state index contributed by atoms with van der Waals surface area (Å²) in [5.74, 6) is -1.54. The van der Waals surface area contributed by atoms with E-state index in [1.165, 1.54) is 15.9 Å². The lowest BCUT2D eigenvalue weighted by atomic mass is 9.88. The number of aromatic amines is 1. The molecule has 8 heteroatoms. The van der Waals surface area contributed by atoms with Crippen LogP contribution in [0, 0.1) is 18.6 Å². The van der Waals surface area contributed by atoms with E-state index in [-0.39, 0.29) is 36.5 Å². The number of nitrogens with zero attached hydrogens (tertiary/aromatic N) is 3. The number of fused-ring (bicyclic) bond motifs is 1. The van der Waals surface area contributed by atoms with Crippen LogP contribution in [-0.2, 0) is 16.0 Å². The standard InChI is InChI=1S/C19H20F2N4O2/c1-11-22-15-4-2-3-13(18(15)23-11)19(27)24-7-8-25(17(26)10-24)16-6-5-12(20)9-14(16)21/h5-6,9,13H,2-4,7-8,10H2,1H3,(H,22,23).